The van der Waals surface area contributed by atoms with Crippen LogP contribution in [0.4, 0.5) is 0 Å². The van der Waals surface area contributed by atoms with Crippen LogP contribution in [0.25, 0.3) is 0 Å². The maximum Gasteiger partial charge on any atom is 0.243 e. The first kappa shape index (κ1) is 16.6. The van der Waals surface area contributed by atoms with Gasteiger partial charge in [0.05, 0.1) is 0 Å². The average molecular weight is 321 g/mol. The van der Waals surface area contributed by atoms with Gasteiger partial charge < -0.3 is 15.1 Å². The van der Waals surface area contributed by atoms with Crippen LogP contribution in [0.3, 0.4) is 0 Å². The summed E-state index contributed by atoms with van der Waals surface area (Å²) in [6.45, 7) is 4.85. The molecule has 23 heavy (non-hydrogen) atoms. The molecule has 1 unspecified atom stereocenters. The summed E-state index contributed by atoms with van der Waals surface area (Å²) in [5.41, 5.74) is 0. The minimum absolute atomic E-state index is 0.0619. The second kappa shape index (κ2) is 7.51. The van der Waals surface area contributed by atoms with Gasteiger partial charge in [-0.05, 0) is 45.2 Å². The third kappa shape index (κ3) is 4.59. The van der Waals surface area contributed by atoms with Crippen LogP contribution in [-0.2, 0) is 4.79 Å². The first-order valence-electron chi connectivity index (χ1n) is 9.13. The van der Waals surface area contributed by atoms with Gasteiger partial charge in [0.1, 0.15) is 6.54 Å². The lowest BCUT2D eigenvalue weighted by Gasteiger charge is -2.32. The Morgan fingerprint density at radius 2 is 1.87 bits per heavy atom. The number of hydrogen-bond donors (Lipinski definition) is 1. The predicted molar refractivity (Wildman–Crippen MR) is 92.6 cm³/mol. The van der Waals surface area contributed by atoms with Crippen LogP contribution in [-0.4, -0.2) is 85.5 Å². The lowest BCUT2D eigenvalue weighted by Crippen LogP contribution is -2.45. The average Bonchev–Trinajstić information content (AvgIpc) is 3.25. The molecule has 6 heteroatoms. The first-order valence-corrected chi connectivity index (χ1v) is 9.13. The summed E-state index contributed by atoms with van der Waals surface area (Å²) in [5, 5.41) is 3.54. The largest absolute Gasteiger partial charge is 0.353 e. The van der Waals surface area contributed by atoms with E-state index in [9.17, 15) is 4.79 Å². The topological polar surface area (TPSA) is 51.2 Å². The van der Waals surface area contributed by atoms with Gasteiger partial charge >= 0.3 is 0 Å². The van der Waals surface area contributed by atoms with E-state index in [-0.39, 0.29) is 12.5 Å². The van der Waals surface area contributed by atoms with E-state index in [1.165, 1.54) is 51.6 Å². The number of carbonyl (C=O) groups is 1. The molecular formula is C17H31N5O. The minimum Gasteiger partial charge on any atom is -0.353 e. The SMILES string of the molecule is CN(C)C(=O)CN=C(NC1CC1)N1CCC(N2CCCCC2)C1. The van der Waals surface area contributed by atoms with Crippen LogP contribution in [0.1, 0.15) is 38.5 Å². The van der Waals surface area contributed by atoms with E-state index in [1.54, 1.807) is 19.0 Å². The lowest BCUT2D eigenvalue weighted by molar-refractivity contribution is -0.127. The maximum atomic E-state index is 11.8. The Hall–Kier alpha value is -1.30. The highest BCUT2D eigenvalue weighted by Crippen LogP contribution is 2.22. The Morgan fingerprint density at radius 3 is 2.52 bits per heavy atom. The number of piperidine rings is 1. The highest BCUT2D eigenvalue weighted by molar-refractivity contribution is 5.85. The number of rotatable bonds is 4. The number of likely N-dealkylation sites (tertiary alicyclic amines) is 2. The zero-order valence-corrected chi connectivity index (χ0v) is 14.6. The Bertz CT molecular complexity index is 440. The highest BCUT2D eigenvalue weighted by Gasteiger charge is 2.32. The van der Waals surface area contributed by atoms with Gasteiger partial charge in [-0.25, -0.2) is 4.99 Å². The molecule has 2 saturated heterocycles. The maximum absolute atomic E-state index is 11.8. The monoisotopic (exact) mass is 321 g/mol. The fraction of sp³-hybridized carbons (Fsp3) is 0.882. The molecule has 6 nitrogen and oxygen atoms in total. The van der Waals surface area contributed by atoms with Crippen LogP contribution in [0.2, 0.25) is 0 Å². The van der Waals surface area contributed by atoms with E-state index in [4.69, 9.17) is 0 Å². The minimum atomic E-state index is 0.0619. The third-order valence-corrected chi connectivity index (χ3v) is 5.14. The van der Waals surface area contributed by atoms with Crippen LogP contribution in [0.5, 0.6) is 0 Å². The number of amides is 1. The van der Waals surface area contributed by atoms with Crippen molar-refractivity contribution in [1.82, 2.24) is 20.0 Å². The van der Waals surface area contributed by atoms with Gasteiger partial charge in [-0.2, -0.15) is 0 Å². The van der Waals surface area contributed by atoms with Crippen molar-refractivity contribution < 1.29 is 4.79 Å². The highest BCUT2D eigenvalue weighted by atomic mass is 16.2. The molecule has 0 radical (unpaired) electrons. The Kier molecular flexibility index (Phi) is 5.41. The third-order valence-electron chi connectivity index (χ3n) is 5.14. The summed E-state index contributed by atoms with van der Waals surface area (Å²) in [4.78, 5) is 23.1. The van der Waals surface area contributed by atoms with Gasteiger partial charge in [0.15, 0.2) is 5.96 Å². The number of guanidine groups is 1. The molecule has 3 rings (SSSR count). The van der Waals surface area contributed by atoms with Crippen molar-refractivity contribution in [3.63, 3.8) is 0 Å². The lowest BCUT2D eigenvalue weighted by atomic mass is 10.1. The second-order valence-corrected chi connectivity index (χ2v) is 7.33. The number of nitrogens with one attached hydrogen (secondary N) is 1. The van der Waals surface area contributed by atoms with Crippen molar-refractivity contribution in [2.75, 3.05) is 46.8 Å². The number of hydrogen-bond acceptors (Lipinski definition) is 3. The molecule has 1 atom stereocenters. The molecule has 3 fully saturated rings. The van der Waals surface area contributed by atoms with Gasteiger partial charge in [0.25, 0.3) is 0 Å². The molecule has 2 aliphatic heterocycles. The van der Waals surface area contributed by atoms with Gasteiger partial charge in [0.2, 0.25) is 5.91 Å². The standard InChI is InChI=1S/C17H31N5O/c1-20(2)16(23)12-18-17(19-14-6-7-14)22-11-8-15(13-22)21-9-4-3-5-10-21/h14-15H,3-13H2,1-2H3,(H,18,19). The van der Waals surface area contributed by atoms with Crippen LogP contribution >= 0.6 is 0 Å². The van der Waals surface area contributed by atoms with Crippen molar-refractivity contribution in [2.24, 2.45) is 4.99 Å². The molecular weight excluding hydrogens is 290 g/mol. The van der Waals surface area contributed by atoms with E-state index >= 15 is 0 Å². The summed E-state index contributed by atoms with van der Waals surface area (Å²) >= 11 is 0. The molecule has 2 heterocycles. The zero-order chi connectivity index (χ0) is 16.2. The van der Waals surface area contributed by atoms with Crippen molar-refractivity contribution in [3.8, 4) is 0 Å². The van der Waals surface area contributed by atoms with Gasteiger partial charge in [-0.15, -0.1) is 0 Å². The first-order chi connectivity index (χ1) is 11.1. The van der Waals surface area contributed by atoms with Crippen LogP contribution in [0, 0.1) is 0 Å². The Balaban J connectivity index is 1.58. The smallest absolute Gasteiger partial charge is 0.243 e. The van der Waals surface area contributed by atoms with Crippen molar-refractivity contribution >= 4 is 11.9 Å². The molecule has 1 amide bonds. The van der Waals surface area contributed by atoms with Gasteiger partial charge in [-0.3, -0.25) is 9.69 Å². The van der Waals surface area contributed by atoms with E-state index < -0.39 is 0 Å². The molecule has 0 aromatic heterocycles. The summed E-state index contributed by atoms with van der Waals surface area (Å²) in [7, 11) is 3.57. The molecule has 0 spiro atoms. The number of nitrogens with zero attached hydrogens (tertiary/aromatic N) is 4. The van der Waals surface area contributed by atoms with Crippen LogP contribution < -0.4 is 5.32 Å². The molecule has 0 bridgehead atoms. The normalized spacial score (nSPS) is 26.4. The fourth-order valence-electron chi connectivity index (χ4n) is 3.45. The summed E-state index contributed by atoms with van der Waals surface area (Å²) in [5.74, 6) is 1.01. The van der Waals surface area contributed by atoms with Gasteiger partial charge in [0, 0.05) is 39.3 Å². The fourth-order valence-corrected chi connectivity index (χ4v) is 3.45. The van der Waals surface area contributed by atoms with Crippen molar-refractivity contribution in [3.05, 3.63) is 0 Å². The Labute approximate surface area is 139 Å². The van der Waals surface area contributed by atoms with E-state index in [1.807, 2.05) is 0 Å². The van der Waals surface area contributed by atoms with Crippen molar-refractivity contribution in [1.29, 1.82) is 0 Å². The van der Waals surface area contributed by atoms with E-state index in [2.05, 4.69) is 20.1 Å². The zero-order valence-electron chi connectivity index (χ0n) is 14.6. The second-order valence-electron chi connectivity index (χ2n) is 7.33. The summed E-state index contributed by atoms with van der Waals surface area (Å²) in [6.07, 6.45) is 7.74. The number of likely N-dealkylation sites (N-methyl/N-ethyl adjacent to an activating group) is 1. The molecule has 0 aromatic carbocycles. The number of carbonyl (C=O) groups excluding carboxylic acids is 1. The molecule has 3 aliphatic rings. The predicted octanol–water partition coefficient (Wildman–Crippen LogP) is 0.743. The van der Waals surface area contributed by atoms with Crippen LogP contribution in [0.15, 0.2) is 4.99 Å². The summed E-state index contributed by atoms with van der Waals surface area (Å²) < 4.78 is 0. The molecule has 0 aromatic rings. The molecule has 130 valence electrons. The van der Waals surface area contributed by atoms with E-state index in [0.717, 1.165) is 19.0 Å². The van der Waals surface area contributed by atoms with Crippen molar-refractivity contribution in [2.45, 2.75) is 50.6 Å². The molecule has 1 saturated carbocycles. The van der Waals surface area contributed by atoms with Gasteiger partial charge in [-0.1, -0.05) is 6.42 Å². The Morgan fingerprint density at radius 1 is 1.13 bits per heavy atom. The molecule has 1 N–H and O–H groups in total. The number of aliphatic imine (C=N–C) groups is 1. The molecule has 1 aliphatic carbocycles. The summed E-state index contributed by atoms with van der Waals surface area (Å²) in [6, 6.07) is 1.23. The quantitative estimate of drug-likeness (QED) is 0.613. The van der Waals surface area contributed by atoms with E-state index in [0.29, 0.717) is 12.1 Å².